The van der Waals surface area contributed by atoms with Crippen molar-refractivity contribution >= 4 is 16.9 Å². The molecular formula is C26H25F3O5. The first-order valence-corrected chi connectivity index (χ1v) is 11.2. The number of rotatable bonds is 6. The van der Waals surface area contributed by atoms with E-state index in [0.29, 0.717) is 16.5 Å². The van der Waals surface area contributed by atoms with Gasteiger partial charge in [-0.2, -0.15) is 13.2 Å². The zero-order valence-corrected chi connectivity index (χ0v) is 18.8. The van der Waals surface area contributed by atoms with E-state index >= 15 is 0 Å². The van der Waals surface area contributed by atoms with Gasteiger partial charge in [0.2, 0.25) is 0 Å². The molecule has 1 saturated carbocycles. The number of hydrogen-bond donors (Lipinski definition) is 0. The van der Waals surface area contributed by atoms with Crippen molar-refractivity contribution in [1.82, 2.24) is 0 Å². The molecule has 0 radical (unpaired) electrons. The van der Waals surface area contributed by atoms with Crippen molar-refractivity contribution < 1.29 is 31.9 Å². The zero-order chi connectivity index (χ0) is 24.5. The van der Waals surface area contributed by atoms with Gasteiger partial charge in [0.05, 0.1) is 5.56 Å². The van der Waals surface area contributed by atoms with Crippen molar-refractivity contribution in [1.29, 1.82) is 0 Å². The van der Waals surface area contributed by atoms with Crippen LogP contribution in [0.1, 0.15) is 33.1 Å². The molecule has 3 aromatic rings. The molecule has 1 heterocycles. The summed E-state index contributed by atoms with van der Waals surface area (Å²) in [6.07, 6.45) is -6.91. The van der Waals surface area contributed by atoms with E-state index < -0.39 is 35.9 Å². The lowest BCUT2D eigenvalue weighted by molar-refractivity contribution is -0.216. The van der Waals surface area contributed by atoms with Crippen LogP contribution in [0.25, 0.3) is 22.1 Å². The van der Waals surface area contributed by atoms with Gasteiger partial charge in [0.15, 0.2) is 0 Å². The number of fused-ring (bicyclic) bond motifs is 1. The average molecular weight is 474 g/mol. The summed E-state index contributed by atoms with van der Waals surface area (Å²) in [5.41, 5.74) is 0.752. The molecule has 1 fully saturated rings. The Kier molecular flexibility index (Phi) is 6.68. The zero-order valence-electron chi connectivity index (χ0n) is 18.8. The highest BCUT2D eigenvalue weighted by Crippen LogP contribution is 2.43. The number of benzene rings is 2. The monoisotopic (exact) mass is 474 g/mol. The third-order valence-electron chi connectivity index (χ3n) is 5.85. The molecular weight excluding hydrogens is 449 g/mol. The SMILES string of the molecule is CC(C)CC(=O)OC1CCC(Oc2ccc3cc(-c4ccccc4)c(=O)oc3c2)C1C(F)(F)F. The van der Waals surface area contributed by atoms with Crippen LogP contribution >= 0.6 is 0 Å². The molecule has 8 heteroatoms. The molecule has 4 rings (SSSR count). The van der Waals surface area contributed by atoms with Crippen LogP contribution in [0, 0.1) is 11.8 Å². The summed E-state index contributed by atoms with van der Waals surface area (Å²) in [5, 5.41) is 0.616. The minimum Gasteiger partial charge on any atom is -0.489 e. The summed E-state index contributed by atoms with van der Waals surface area (Å²) < 4.78 is 57.9. The molecule has 2 aromatic carbocycles. The summed E-state index contributed by atoms with van der Waals surface area (Å²) in [4.78, 5) is 24.5. The lowest BCUT2D eigenvalue weighted by Crippen LogP contribution is -2.41. The van der Waals surface area contributed by atoms with Crippen molar-refractivity contribution in [2.45, 2.75) is 51.5 Å². The van der Waals surface area contributed by atoms with Crippen LogP contribution in [-0.4, -0.2) is 24.4 Å². The van der Waals surface area contributed by atoms with Crippen molar-refractivity contribution in [3.05, 3.63) is 65.0 Å². The van der Waals surface area contributed by atoms with Gasteiger partial charge in [0.1, 0.15) is 29.5 Å². The van der Waals surface area contributed by atoms with E-state index in [4.69, 9.17) is 13.9 Å². The van der Waals surface area contributed by atoms with Gasteiger partial charge in [0, 0.05) is 17.9 Å². The lowest BCUT2D eigenvalue weighted by atomic mass is 10.0. The Morgan fingerprint density at radius 2 is 1.76 bits per heavy atom. The van der Waals surface area contributed by atoms with Crippen LogP contribution in [0.3, 0.4) is 0 Å². The Balaban J connectivity index is 1.56. The van der Waals surface area contributed by atoms with Crippen LogP contribution < -0.4 is 10.4 Å². The number of alkyl halides is 3. The number of ether oxygens (including phenoxy) is 2. The average Bonchev–Trinajstić information content (AvgIpc) is 3.15. The molecule has 3 atom stereocenters. The van der Waals surface area contributed by atoms with Gasteiger partial charge in [-0.05, 0) is 42.5 Å². The van der Waals surface area contributed by atoms with Crippen LogP contribution in [-0.2, 0) is 9.53 Å². The molecule has 3 unspecified atom stereocenters. The van der Waals surface area contributed by atoms with Crippen LogP contribution in [0.4, 0.5) is 13.2 Å². The van der Waals surface area contributed by atoms with Gasteiger partial charge in [-0.15, -0.1) is 0 Å². The van der Waals surface area contributed by atoms with Gasteiger partial charge in [-0.25, -0.2) is 4.79 Å². The molecule has 180 valence electrons. The van der Waals surface area contributed by atoms with E-state index in [1.807, 2.05) is 18.2 Å². The maximum atomic E-state index is 13.9. The van der Waals surface area contributed by atoms with Gasteiger partial charge < -0.3 is 13.9 Å². The van der Waals surface area contributed by atoms with Crippen molar-refractivity contribution in [2.75, 3.05) is 0 Å². The molecule has 0 spiro atoms. The molecule has 34 heavy (non-hydrogen) atoms. The smallest absolute Gasteiger partial charge is 0.398 e. The largest absolute Gasteiger partial charge is 0.489 e. The Morgan fingerprint density at radius 3 is 2.44 bits per heavy atom. The first-order chi connectivity index (χ1) is 16.1. The molecule has 0 N–H and O–H groups in total. The number of esters is 1. The summed E-state index contributed by atoms with van der Waals surface area (Å²) in [7, 11) is 0. The van der Waals surface area contributed by atoms with Crippen molar-refractivity contribution in [3.8, 4) is 16.9 Å². The number of carbonyl (C=O) groups is 1. The molecule has 1 aromatic heterocycles. The first-order valence-electron chi connectivity index (χ1n) is 11.2. The van der Waals surface area contributed by atoms with E-state index in [1.165, 1.54) is 6.07 Å². The minimum atomic E-state index is -4.60. The fourth-order valence-electron chi connectivity index (χ4n) is 4.32. The highest BCUT2D eigenvalue weighted by Gasteiger charge is 2.55. The normalized spacial score (nSPS) is 20.6. The van der Waals surface area contributed by atoms with Crippen LogP contribution in [0.15, 0.2) is 63.8 Å². The van der Waals surface area contributed by atoms with Crippen LogP contribution in [0.2, 0.25) is 0 Å². The van der Waals surface area contributed by atoms with E-state index in [9.17, 15) is 22.8 Å². The predicted octanol–water partition coefficient (Wildman–Crippen LogP) is 6.14. The lowest BCUT2D eigenvalue weighted by Gasteiger charge is -2.27. The number of hydrogen-bond acceptors (Lipinski definition) is 5. The fraction of sp³-hybridized carbons (Fsp3) is 0.385. The van der Waals surface area contributed by atoms with Crippen LogP contribution in [0.5, 0.6) is 5.75 Å². The number of carbonyl (C=O) groups excluding carboxylic acids is 1. The van der Waals surface area contributed by atoms with E-state index in [-0.39, 0.29) is 36.5 Å². The third kappa shape index (κ3) is 5.26. The summed E-state index contributed by atoms with van der Waals surface area (Å²) in [6.45, 7) is 3.59. The summed E-state index contributed by atoms with van der Waals surface area (Å²) >= 11 is 0. The molecule has 0 bridgehead atoms. The van der Waals surface area contributed by atoms with E-state index in [2.05, 4.69) is 0 Å². The summed E-state index contributed by atoms with van der Waals surface area (Å²) in [6, 6.07) is 15.3. The minimum absolute atomic E-state index is 0.0139. The topological polar surface area (TPSA) is 65.7 Å². The third-order valence-corrected chi connectivity index (χ3v) is 5.85. The van der Waals surface area contributed by atoms with Gasteiger partial charge in [-0.1, -0.05) is 44.2 Å². The molecule has 1 aliphatic rings. The van der Waals surface area contributed by atoms with Gasteiger partial charge in [-0.3, -0.25) is 4.79 Å². The number of halogens is 3. The molecule has 1 aliphatic carbocycles. The quantitative estimate of drug-likeness (QED) is 0.317. The molecule has 0 amide bonds. The second kappa shape index (κ2) is 9.52. The maximum Gasteiger partial charge on any atom is 0.398 e. The maximum absolute atomic E-state index is 13.9. The standard InChI is InChI=1S/C26H25F3O5/c1-15(2)12-23(30)33-21-11-10-20(24(21)26(27,28)29)32-18-9-8-17-13-19(16-6-4-3-5-7-16)25(31)34-22(17)14-18/h3-9,13-15,20-21,24H,10-12H2,1-2H3. The predicted molar refractivity (Wildman–Crippen MR) is 120 cm³/mol. The second-order valence-electron chi connectivity index (χ2n) is 8.94. The van der Waals surface area contributed by atoms with Crippen molar-refractivity contribution in [3.63, 3.8) is 0 Å². The highest BCUT2D eigenvalue weighted by molar-refractivity contribution is 5.82. The molecule has 5 nitrogen and oxygen atoms in total. The summed E-state index contributed by atoms with van der Waals surface area (Å²) in [5.74, 6) is -2.44. The Bertz CT molecular complexity index is 1220. The van der Waals surface area contributed by atoms with Gasteiger partial charge in [0.25, 0.3) is 0 Å². The second-order valence-corrected chi connectivity index (χ2v) is 8.94. The Morgan fingerprint density at radius 1 is 1.06 bits per heavy atom. The van der Waals surface area contributed by atoms with E-state index in [1.54, 1.807) is 44.2 Å². The van der Waals surface area contributed by atoms with Gasteiger partial charge >= 0.3 is 17.8 Å². The Labute approximate surface area is 194 Å². The fourth-order valence-corrected chi connectivity index (χ4v) is 4.32. The first kappa shape index (κ1) is 23.9. The molecule has 0 saturated heterocycles. The van der Waals surface area contributed by atoms with Crippen molar-refractivity contribution in [2.24, 2.45) is 11.8 Å². The highest BCUT2D eigenvalue weighted by atomic mass is 19.4. The molecule has 0 aliphatic heterocycles. The van der Waals surface area contributed by atoms with E-state index in [0.717, 1.165) is 0 Å². The Hall–Kier alpha value is -3.29.